The van der Waals surface area contributed by atoms with Gasteiger partial charge in [-0.2, -0.15) is 0 Å². The summed E-state index contributed by atoms with van der Waals surface area (Å²) in [4.78, 5) is 45.5. The smallest absolute Gasteiger partial charge is 0.321 e. The van der Waals surface area contributed by atoms with Gasteiger partial charge in [-0.15, -0.1) is 5.10 Å². The van der Waals surface area contributed by atoms with E-state index in [1.165, 1.54) is 13.6 Å². The Morgan fingerprint density at radius 1 is 0.939 bits per heavy atom. The zero-order chi connectivity index (χ0) is 22.9. The van der Waals surface area contributed by atoms with Gasteiger partial charge in [-0.1, -0.05) is 49.7 Å². The zero-order valence-electron chi connectivity index (χ0n) is 18.1. The number of rotatable bonds is 7. The fourth-order valence-electron chi connectivity index (χ4n) is 4.01. The Hall–Kier alpha value is -4.21. The molecule has 4 aromatic heterocycles. The van der Waals surface area contributed by atoms with Crippen molar-refractivity contribution in [3.05, 3.63) is 97.4 Å². The van der Waals surface area contributed by atoms with Crippen molar-refractivity contribution in [1.29, 1.82) is 0 Å². The van der Waals surface area contributed by atoms with Gasteiger partial charge < -0.3 is 4.57 Å². The number of H-pyrrole nitrogens is 1. The lowest BCUT2D eigenvalue weighted by atomic mass is 10.2. The van der Waals surface area contributed by atoms with Crippen molar-refractivity contribution >= 4 is 16.8 Å². The number of aromatic nitrogens is 7. The van der Waals surface area contributed by atoms with Crippen LogP contribution in [-0.4, -0.2) is 33.3 Å². The fourth-order valence-corrected chi connectivity index (χ4v) is 4.01. The predicted octanol–water partition coefficient (Wildman–Crippen LogP) is 1.59. The predicted molar refractivity (Wildman–Crippen MR) is 124 cm³/mol. The topological polar surface area (TPSA) is 112 Å². The molecule has 1 aromatic carbocycles. The van der Waals surface area contributed by atoms with Crippen LogP contribution in [0.4, 0.5) is 0 Å². The number of imidazole rings is 1. The van der Waals surface area contributed by atoms with Crippen molar-refractivity contribution in [2.45, 2.75) is 39.4 Å². The first kappa shape index (κ1) is 20.7. The van der Waals surface area contributed by atoms with Gasteiger partial charge in [0.1, 0.15) is 12.4 Å². The molecule has 1 N–H and O–H groups in total. The molecule has 5 rings (SSSR count). The van der Waals surface area contributed by atoms with Crippen LogP contribution in [0.1, 0.15) is 31.2 Å². The first-order valence-electron chi connectivity index (χ1n) is 10.9. The Morgan fingerprint density at radius 2 is 1.73 bits per heavy atom. The zero-order valence-corrected chi connectivity index (χ0v) is 18.1. The standard InChI is InChI=1S/C23H23N7O3/c1-2-3-12-27-18(15-30-23(33)28-13-8-7-11-17(28)26-30)24-20-19(27)21(31)25-22(32)29(20)14-16-9-5-4-6-10-16/h4-11,13H,2-3,12,14-15H2,1H3,(H,25,31,32). The molecule has 33 heavy (non-hydrogen) atoms. The van der Waals surface area contributed by atoms with Gasteiger partial charge >= 0.3 is 11.4 Å². The van der Waals surface area contributed by atoms with Crippen molar-refractivity contribution in [2.75, 3.05) is 0 Å². The molecule has 0 bridgehead atoms. The Labute approximate surface area is 187 Å². The summed E-state index contributed by atoms with van der Waals surface area (Å²) in [6, 6.07) is 14.8. The number of hydrogen-bond acceptors (Lipinski definition) is 5. The molecule has 0 aliphatic rings. The summed E-state index contributed by atoms with van der Waals surface area (Å²) >= 11 is 0. The summed E-state index contributed by atoms with van der Waals surface area (Å²) in [6.07, 6.45) is 3.38. The van der Waals surface area contributed by atoms with Crippen LogP contribution < -0.4 is 16.9 Å². The summed E-state index contributed by atoms with van der Waals surface area (Å²) in [7, 11) is 0. The summed E-state index contributed by atoms with van der Waals surface area (Å²) in [5, 5.41) is 4.39. The molecule has 4 heterocycles. The minimum Gasteiger partial charge on any atom is -0.321 e. The van der Waals surface area contributed by atoms with Gasteiger partial charge in [0, 0.05) is 12.7 Å². The molecule has 0 fully saturated rings. The number of hydrogen-bond donors (Lipinski definition) is 1. The highest BCUT2D eigenvalue weighted by Gasteiger charge is 2.20. The van der Waals surface area contributed by atoms with Gasteiger partial charge in [0.05, 0.1) is 6.54 Å². The molecule has 168 valence electrons. The van der Waals surface area contributed by atoms with E-state index < -0.39 is 11.2 Å². The molecular formula is C23H23N7O3. The largest absolute Gasteiger partial charge is 0.350 e. The van der Waals surface area contributed by atoms with E-state index in [4.69, 9.17) is 0 Å². The van der Waals surface area contributed by atoms with Gasteiger partial charge in [0.2, 0.25) is 0 Å². The maximum Gasteiger partial charge on any atom is 0.350 e. The third-order valence-electron chi connectivity index (χ3n) is 5.66. The van der Waals surface area contributed by atoms with E-state index in [0.717, 1.165) is 18.4 Å². The maximum atomic E-state index is 12.8. The number of nitrogens with one attached hydrogen (secondary N) is 1. The van der Waals surface area contributed by atoms with E-state index in [1.54, 1.807) is 22.9 Å². The third kappa shape index (κ3) is 3.69. The number of nitrogens with zero attached hydrogens (tertiary/aromatic N) is 6. The molecule has 0 spiro atoms. The summed E-state index contributed by atoms with van der Waals surface area (Å²) < 4.78 is 6.05. The molecule has 0 unspecified atom stereocenters. The lowest BCUT2D eigenvalue weighted by Gasteiger charge is -2.08. The highest BCUT2D eigenvalue weighted by molar-refractivity contribution is 5.71. The molecule has 0 atom stereocenters. The minimum atomic E-state index is -0.520. The highest BCUT2D eigenvalue weighted by Crippen LogP contribution is 2.15. The van der Waals surface area contributed by atoms with Crippen molar-refractivity contribution in [2.24, 2.45) is 0 Å². The van der Waals surface area contributed by atoms with Crippen LogP contribution in [0.3, 0.4) is 0 Å². The molecule has 0 aliphatic carbocycles. The van der Waals surface area contributed by atoms with Crippen LogP contribution in [0.5, 0.6) is 0 Å². The van der Waals surface area contributed by atoms with Crippen molar-refractivity contribution in [3.63, 3.8) is 0 Å². The number of aromatic amines is 1. The molecule has 0 saturated heterocycles. The number of aryl methyl sites for hydroxylation is 1. The van der Waals surface area contributed by atoms with Gasteiger partial charge in [0.15, 0.2) is 16.8 Å². The first-order valence-corrected chi connectivity index (χ1v) is 10.9. The highest BCUT2D eigenvalue weighted by atomic mass is 16.2. The number of unbranched alkanes of at least 4 members (excludes halogenated alkanes) is 1. The number of fused-ring (bicyclic) bond motifs is 2. The van der Waals surface area contributed by atoms with Crippen LogP contribution in [0.15, 0.2) is 69.1 Å². The monoisotopic (exact) mass is 445 g/mol. The Morgan fingerprint density at radius 3 is 2.48 bits per heavy atom. The lowest BCUT2D eigenvalue weighted by Crippen LogP contribution is -2.31. The van der Waals surface area contributed by atoms with Gasteiger partial charge in [0.25, 0.3) is 5.56 Å². The SMILES string of the molecule is CCCCn1c(Cn2nc3ccccn3c2=O)nc2c1c(=O)[nH]c(=O)n2Cc1ccccc1. The number of benzene rings is 1. The molecule has 0 amide bonds. The van der Waals surface area contributed by atoms with Crippen LogP contribution in [-0.2, 0) is 19.6 Å². The van der Waals surface area contributed by atoms with E-state index >= 15 is 0 Å². The van der Waals surface area contributed by atoms with Gasteiger partial charge in [-0.05, 0) is 24.1 Å². The normalized spacial score (nSPS) is 11.5. The molecule has 0 radical (unpaired) electrons. The molecule has 0 saturated carbocycles. The summed E-state index contributed by atoms with van der Waals surface area (Å²) in [5.74, 6) is 0.502. The summed E-state index contributed by atoms with van der Waals surface area (Å²) in [6.45, 7) is 2.95. The molecule has 10 heteroatoms. The van der Waals surface area contributed by atoms with Gasteiger partial charge in [-0.3, -0.25) is 18.7 Å². The van der Waals surface area contributed by atoms with Gasteiger partial charge in [-0.25, -0.2) is 19.3 Å². The van der Waals surface area contributed by atoms with Crippen molar-refractivity contribution < 1.29 is 0 Å². The van der Waals surface area contributed by atoms with Crippen LogP contribution in [0.2, 0.25) is 0 Å². The average Bonchev–Trinajstić information content (AvgIpc) is 3.34. The lowest BCUT2D eigenvalue weighted by molar-refractivity contribution is 0.566. The second kappa shape index (κ2) is 8.38. The van der Waals surface area contributed by atoms with Crippen molar-refractivity contribution in [3.8, 4) is 0 Å². The van der Waals surface area contributed by atoms with Crippen molar-refractivity contribution in [1.82, 2.24) is 33.3 Å². The molecule has 0 aliphatic heterocycles. The van der Waals surface area contributed by atoms with E-state index in [0.29, 0.717) is 29.2 Å². The molecular weight excluding hydrogens is 422 g/mol. The Bertz CT molecular complexity index is 1620. The Balaban J connectivity index is 1.69. The second-order valence-electron chi connectivity index (χ2n) is 7.91. The first-order chi connectivity index (χ1) is 16.1. The van der Waals surface area contributed by atoms with Crippen LogP contribution in [0, 0.1) is 0 Å². The Kier molecular flexibility index (Phi) is 5.25. The van der Waals surface area contributed by atoms with E-state index in [1.807, 2.05) is 36.4 Å². The summed E-state index contributed by atoms with van der Waals surface area (Å²) in [5.41, 5.74) is 0.757. The average molecular weight is 445 g/mol. The van der Waals surface area contributed by atoms with Crippen LogP contribution in [0.25, 0.3) is 16.8 Å². The van der Waals surface area contributed by atoms with E-state index in [2.05, 4.69) is 22.0 Å². The minimum absolute atomic E-state index is 0.0812. The number of pyridine rings is 1. The van der Waals surface area contributed by atoms with E-state index in [9.17, 15) is 14.4 Å². The van der Waals surface area contributed by atoms with E-state index in [-0.39, 0.29) is 18.8 Å². The van der Waals surface area contributed by atoms with Crippen LogP contribution >= 0.6 is 0 Å². The quantitative estimate of drug-likeness (QED) is 0.409. The second-order valence-corrected chi connectivity index (χ2v) is 7.91. The molecule has 5 aromatic rings. The maximum absolute atomic E-state index is 12.8. The third-order valence-corrected chi connectivity index (χ3v) is 5.66. The molecule has 10 nitrogen and oxygen atoms in total. The fraction of sp³-hybridized carbons (Fsp3) is 0.261.